The van der Waals surface area contributed by atoms with Crippen LogP contribution in [0.5, 0.6) is 0 Å². The first-order valence-corrected chi connectivity index (χ1v) is 9.25. The molecule has 132 valence electrons. The van der Waals surface area contributed by atoms with Gasteiger partial charge in [-0.05, 0) is 44.9 Å². The first-order valence-electron chi connectivity index (χ1n) is 7.81. The lowest BCUT2D eigenvalue weighted by Gasteiger charge is -2.26. The molecule has 1 aliphatic heterocycles. The minimum atomic E-state index is -3.64. The van der Waals surface area contributed by atoms with Crippen molar-refractivity contribution in [3.8, 4) is 0 Å². The molecule has 1 aromatic carbocycles. The second-order valence-corrected chi connectivity index (χ2v) is 8.31. The van der Waals surface area contributed by atoms with Crippen LogP contribution in [0.3, 0.4) is 0 Å². The molecule has 1 amide bonds. The summed E-state index contributed by atoms with van der Waals surface area (Å²) in [6, 6.07) is 5.68. The van der Waals surface area contributed by atoms with Gasteiger partial charge in [-0.2, -0.15) is 4.31 Å². The van der Waals surface area contributed by atoms with E-state index in [1.165, 1.54) is 42.4 Å². The fraction of sp³-hybridized carbons (Fsp3) is 0.500. The zero-order valence-corrected chi connectivity index (χ0v) is 14.6. The summed E-state index contributed by atoms with van der Waals surface area (Å²) in [5.74, 6) is -1.80. The van der Waals surface area contributed by atoms with Crippen molar-refractivity contribution < 1.29 is 23.1 Å². The number of carboxylic acid groups (broad SMARTS) is 1. The second kappa shape index (κ2) is 6.90. The highest BCUT2D eigenvalue weighted by Gasteiger charge is 2.30. The van der Waals surface area contributed by atoms with Crippen LogP contribution in [-0.2, 0) is 14.8 Å². The summed E-state index contributed by atoms with van der Waals surface area (Å²) in [5, 5.41) is 11.5. The Morgan fingerprint density at radius 2 is 1.79 bits per heavy atom. The summed E-state index contributed by atoms with van der Waals surface area (Å²) in [4.78, 5) is 23.4. The Hall–Kier alpha value is -1.93. The number of hydrogen-bond acceptors (Lipinski definition) is 4. The standard InChI is InChI=1S/C16H22N2O5S/c1-16(2,15(20)21)17-14(19)12-7-6-8-13(11-12)24(22,23)18-9-4-3-5-10-18/h6-8,11H,3-5,9-10H2,1-2H3,(H,17,19)(H,20,21). The molecule has 1 fully saturated rings. The predicted octanol–water partition coefficient (Wildman–Crippen LogP) is 1.45. The number of rotatable bonds is 5. The van der Waals surface area contributed by atoms with Gasteiger partial charge < -0.3 is 10.4 Å². The summed E-state index contributed by atoms with van der Waals surface area (Å²) in [6.45, 7) is 3.68. The zero-order chi connectivity index (χ0) is 18.0. The first-order chi connectivity index (χ1) is 11.1. The molecule has 0 spiro atoms. The molecular formula is C16H22N2O5S. The Kier molecular flexibility index (Phi) is 5.29. The van der Waals surface area contributed by atoms with Crippen molar-refractivity contribution in [2.24, 2.45) is 0 Å². The van der Waals surface area contributed by atoms with E-state index in [0.717, 1.165) is 19.3 Å². The van der Waals surface area contributed by atoms with Crippen LogP contribution in [0.4, 0.5) is 0 Å². The number of carbonyl (C=O) groups excluding carboxylic acids is 1. The lowest BCUT2D eigenvalue weighted by atomic mass is 10.1. The molecule has 2 rings (SSSR count). The van der Waals surface area contributed by atoms with E-state index in [9.17, 15) is 18.0 Å². The lowest BCUT2D eigenvalue weighted by Crippen LogP contribution is -2.49. The van der Waals surface area contributed by atoms with Crippen molar-refractivity contribution in [1.29, 1.82) is 0 Å². The third kappa shape index (κ3) is 3.93. The molecule has 0 aromatic heterocycles. The number of nitrogens with one attached hydrogen (secondary N) is 1. The molecule has 0 unspecified atom stereocenters. The minimum absolute atomic E-state index is 0.0465. The van der Waals surface area contributed by atoms with E-state index in [2.05, 4.69) is 5.32 Å². The SMILES string of the molecule is CC(C)(NC(=O)c1cccc(S(=O)(=O)N2CCCCC2)c1)C(=O)O. The highest BCUT2D eigenvalue weighted by molar-refractivity contribution is 7.89. The van der Waals surface area contributed by atoms with Crippen molar-refractivity contribution in [2.45, 2.75) is 43.5 Å². The van der Waals surface area contributed by atoms with Crippen LogP contribution in [-0.4, -0.2) is 48.3 Å². The van der Waals surface area contributed by atoms with Gasteiger partial charge in [0.15, 0.2) is 0 Å². The molecule has 0 atom stereocenters. The Bertz CT molecular complexity index is 737. The van der Waals surface area contributed by atoms with Crippen LogP contribution in [0, 0.1) is 0 Å². The zero-order valence-electron chi connectivity index (χ0n) is 13.8. The Morgan fingerprint density at radius 1 is 1.17 bits per heavy atom. The van der Waals surface area contributed by atoms with Gasteiger partial charge in [-0.1, -0.05) is 12.5 Å². The van der Waals surface area contributed by atoms with Crippen molar-refractivity contribution >= 4 is 21.9 Å². The Balaban J connectivity index is 2.25. The molecule has 2 N–H and O–H groups in total. The maximum atomic E-state index is 12.7. The molecule has 0 radical (unpaired) electrons. The van der Waals surface area contributed by atoms with E-state index in [4.69, 9.17) is 5.11 Å². The van der Waals surface area contributed by atoms with Gasteiger partial charge in [0.2, 0.25) is 10.0 Å². The maximum Gasteiger partial charge on any atom is 0.328 e. The monoisotopic (exact) mass is 354 g/mol. The largest absolute Gasteiger partial charge is 0.480 e. The summed E-state index contributed by atoms with van der Waals surface area (Å²) in [5.41, 5.74) is -1.33. The van der Waals surface area contributed by atoms with Crippen molar-refractivity contribution in [3.63, 3.8) is 0 Å². The molecule has 0 saturated carbocycles. The van der Waals surface area contributed by atoms with Crippen LogP contribution in [0.15, 0.2) is 29.2 Å². The van der Waals surface area contributed by atoms with Crippen LogP contribution in [0.1, 0.15) is 43.5 Å². The smallest absolute Gasteiger partial charge is 0.328 e. The van der Waals surface area contributed by atoms with E-state index in [1.807, 2.05) is 0 Å². The molecule has 24 heavy (non-hydrogen) atoms. The number of amides is 1. The van der Waals surface area contributed by atoms with Crippen molar-refractivity contribution in [3.05, 3.63) is 29.8 Å². The van der Waals surface area contributed by atoms with E-state index >= 15 is 0 Å². The fourth-order valence-corrected chi connectivity index (χ4v) is 4.03. The van der Waals surface area contributed by atoms with Crippen molar-refractivity contribution in [1.82, 2.24) is 9.62 Å². The molecule has 8 heteroatoms. The van der Waals surface area contributed by atoms with Gasteiger partial charge in [-0.3, -0.25) is 4.79 Å². The van der Waals surface area contributed by atoms with Gasteiger partial charge in [-0.25, -0.2) is 13.2 Å². The average Bonchev–Trinajstić information content (AvgIpc) is 2.55. The van der Waals surface area contributed by atoms with Crippen molar-refractivity contribution in [2.75, 3.05) is 13.1 Å². The maximum absolute atomic E-state index is 12.7. The summed E-state index contributed by atoms with van der Waals surface area (Å²) in [6.07, 6.45) is 2.66. The minimum Gasteiger partial charge on any atom is -0.480 e. The molecule has 1 saturated heterocycles. The van der Waals surface area contributed by atoms with Gasteiger partial charge in [0.25, 0.3) is 5.91 Å². The van der Waals surface area contributed by atoms with Crippen LogP contribution >= 0.6 is 0 Å². The highest BCUT2D eigenvalue weighted by atomic mass is 32.2. The molecule has 1 aromatic rings. The number of benzene rings is 1. The number of piperidine rings is 1. The summed E-state index contributed by atoms with van der Waals surface area (Å²) >= 11 is 0. The number of carboxylic acids is 1. The molecule has 1 aliphatic rings. The third-order valence-corrected chi connectivity index (χ3v) is 5.90. The molecule has 1 heterocycles. The summed E-state index contributed by atoms with van der Waals surface area (Å²) < 4.78 is 26.7. The average molecular weight is 354 g/mol. The van der Waals surface area contributed by atoms with E-state index in [0.29, 0.717) is 13.1 Å². The normalized spacial score (nSPS) is 16.6. The van der Waals surface area contributed by atoms with Crippen LogP contribution in [0.25, 0.3) is 0 Å². The predicted molar refractivity (Wildman–Crippen MR) is 88.2 cm³/mol. The molecule has 7 nitrogen and oxygen atoms in total. The fourth-order valence-electron chi connectivity index (χ4n) is 2.46. The highest BCUT2D eigenvalue weighted by Crippen LogP contribution is 2.21. The van der Waals surface area contributed by atoms with Crippen LogP contribution < -0.4 is 5.32 Å². The second-order valence-electron chi connectivity index (χ2n) is 6.38. The number of nitrogens with zero attached hydrogens (tertiary/aromatic N) is 1. The van der Waals surface area contributed by atoms with Crippen LogP contribution in [0.2, 0.25) is 0 Å². The number of hydrogen-bond donors (Lipinski definition) is 2. The Morgan fingerprint density at radius 3 is 2.38 bits per heavy atom. The van der Waals surface area contributed by atoms with E-state index < -0.39 is 27.4 Å². The molecule has 0 bridgehead atoms. The van der Waals surface area contributed by atoms with Gasteiger partial charge in [0.1, 0.15) is 5.54 Å². The lowest BCUT2D eigenvalue weighted by molar-refractivity contribution is -0.143. The summed E-state index contributed by atoms with van der Waals surface area (Å²) in [7, 11) is -3.64. The number of carbonyl (C=O) groups is 2. The Labute approximate surface area is 141 Å². The quantitative estimate of drug-likeness (QED) is 0.833. The third-order valence-electron chi connectivity index (χ3n) is 4.01. The van der Waals surface area contributed by atoms with E-state index in [1.54, 1.807) is 0 Å². The first kappa shape index (κ1) is 18.4. The molecular weight excluding hydrogens is 332 g/mol. The van der Waals surface area contributed by atoms with E-state index in [-0.39, 0.29) is 10.5 Å². The van der Waals surface area contributed by atoms with Gasteiger partial charge in [0.05, 0.1) is 4.90 Å². The van der Waals surface area contributed by atoms with Gasteiger partial charge in [-0.15, -0.1) is 0 Å². The number of aliphatic carboxylic acids is 1. The molecule has 0 aliphatic carbocycles. The van der Waals surface area contributed by atoms with Gasteiger partial charge in [0, 0.05) is 18.7 Å². The number of sulfonamides is 1. The van der Waals surface area contributed by atoms with Gasteiger partial charge >= 0.3 is 5.97 Å². The topological polar surface area (TPSA) is 104 Å².